The Balaban J connectivity index is 1.83. The third kappa shape index (κ3) is 2.62. The Hall–Kier alpha value is -1.99. The second-order valence-corrected chi connectivity index (χ2v) is 5.21. The normalized spacial score (nSPS) is 20.7. The van der Waals surface area contributed by atoms with Crippen molar-refractivity contribution in [2.45, 2.75) is 18.6 Å². The minimum atomic E-state index is -0.725. The zero-order chi connectivity index (χ0) is 14.9. The molecular weight excluding hydrogens is 276 g/mol. The molecule has 21 heavy (non-hydrogen) atoms. The third-order valence-corrected chi connectivity index (χ3v) is 3.85. The summed E-state index contributed by atoms with van der Waals surface area (Å²) in [5.41, 5.74) is -0.0621. The molecule has 0 atom stereocenters. The van der Waals surface area contributed by atoms with E-state index in [-0.39, 0.29) is 17.2 Å². The fourth-order valence-electron chi connectivity index (χ4n) is 2.88. The van der Waals surface area contributed by atoms with Crippen LogP contribution >= 0.6 is 0 Å². The molecule has 2 fully saturated rings. The number of hydrogen-bond acceptors (Lipinski definition) is 5. The van der Waals surface area contributed by atoms with Crippen LogP contribution in [0.1, 0.15) is 23.2 Å². The molecule has 2 aliphatic rings. The van der Waals surface area contributed by atoms with Gasteiger partial charge in [-0.25, -0.2) is 0 Å². The number of ether oxygens (including phenoxy) is 2. The molecule has 2 aliphatic heterocycles. The molecule has 2 saturated heterocycles. The van der Waals surface area contributed by atoms with E-state index >= 15 is 0 Å². The van der Waals surface area contributed by atoms with E-state index in [1.165, 1.54) is 12.1 Å². The van der Waals surface area contributed by atoms with Gasteiger partial charge >= 0.3 is 0 Å². The summed E-state index contributed by atoms with van der Waals surface area (Å²) in [6.07, 6.45) is 1.50. The maximum atomic E-state index is 12.6. The summed E-state index contributed by atoms with van der Waals surface area (Å²) in [5, 5.41) is 11.0. The Morgan fingerprint density at radius 2 is 2.00 bits per heavy atom. The fourth-order valence-corrected chi connectivity index (χ4v) is 2.88. The molecule has 2 heterocycles. The predicted molar refractivity (Wildman–Crippen MR) is 72.9 cm³/mol. The van der Waals surface area contributed by atoms with Gasteiger partial charge in [-0.3, -0.25) is 14.9 Å². The first-order chi connectivity index (χ1) is 10.1. The van der Waals surface area contributed by atoms with Crippen molar-refractivity contribution < 1.29 is 19.2 Å². The summed E-state index contributed by atoms with van der Waals surface area (Å²) >= 11 is 0. The molecule has 0 aromatic heterocycles. The molecule has 1 aromatic carbocycles. The molecule has 1 spiro atoms. The van der Waals surface area contributed by atoms with E-state index in [1.807, 2.05) is 0 Å². The molecule has 7 nitrogen and oxygen atoms in total. The summed E-state index contributed by atoms with van der Waals surface area (Å²) < 4.78 is 11.3. The van der Waals surface area contributed by atoms with Crippen LogP contribution in [0.4, 0.5) is 5.69 Å². The van der Waals surface area contributed by atoms with Gasteiger partial charge in [-0.05, 0) is 12.5 Å². The molecule has 7 heteroatoms. The van der Waals surface area contributed by atoms with Crippen LogP contribution in [0, 0.1) is 10.1 Å². The van der Waals surface area contributed by atoms with Crippen LogP contribution in [0.3, 0.4) is 0 Å². The zero-order valence-electron chi connectivity index (χ0n) is 11.5. The number of nitro groups is 1. The van der Waals surface area contributed by atoms with Gasteiger partial charge in [0.1, 0.15) is 5.56 Å². The van der Waals surface area contributed by atoms with Crippen LogP contribution in [-0.4, -0.2) is 47.8 Å². The van der Waals surface area contributed by atoms with E-state index in [1.54, 1.807) is 17.0 Å². The molecule has 0 saturated carbocycles. The smallest absolute Gasteiger partial charge is 0.282 e. The van der Waals surface area contributed by atoms with Crippen molar-refractivity contribution >= 4 is 11.6 Å². The van der Waals surface area contributed by atoms with Crippen molar-refractivity contribution in [3.8, 4) is 0 Å². The molecular formula is C14H16N2O5. The lowest BCUT2D eigenvalue weighted by molar-refractivity contribution is -0.385. The molecule has 1 amide bonds. The SMILES string of the molecule is O=C(c1ccccc1[N+](=O)[O-])N1CCCC2(C1)OCCO2. The summed E-state index contributed by atoms with van der Waals surface area (Å²) in [6, 6.07) is 6.01. The van der Waals surface area contributed by atoms with Crippen LogP contribution in [0.25, 0.3) is 0 Å². The van der Waals surface area contributed by atoms with Crippen LogP contribution in [0.2, 0.25) is 0 Å². The first-order valence-corrected chi connectivity index (χ1v) is 6.92. The van der Waals surface area contributed by atoms with Gasteiger partial charge in [0.2, 0.25) is 0 Å². The lowest BCUT2D eigenvalue weighted by atomic mass is 10.0. The number of nitrogens with zero attached hydrogens (tertiary/aromatic N) is 2. The number of piperidine rings is 1. The minimum absolute atomic E-state index is 0.109. The molecule has 3 rings (SSSR count). The number of hydrogen-bond donors (Lipinski definition) is 0. The quantitative estimate of drug-likeness (QED) is 0.610. The lowest BCUT2D eigenvalue weighted by Crippen LogP contribution is -2.51. The van der Waals surface area contributed by atoms with Gasteiger partial charge < -0.3 is 14.4 Å². The van der Waals surface area contributed by atoms with Gasteiger partial charge in [0.05, 0.1) is 24.7 Å². The number of para-hydroxylation sites is 1. The van der Waals surface area contributed by atoms with Gasteiger partial charge in [-0.1, -0.05) is 12.1 Å². The van der Waals surface area contributed by atoms with Crippen LogP contribution in [-0.2, 0) is 9.47 Å². The number of carbonyl (C=O) groups is 1. The third-order valence-electron chi connectivity index (χ3n) is 3.85. The van der Waals surface area contributed by atoms with E-state index in [0.29, 0.717) is 26.3 Å². The van der Waals surface area contributed by atoms with Gasteiger partial charge in [0.25, 0.3) is 11.6 Å². The molecule has 1 aromatic rings. The number of benzene rings is 1. The van der Waals surface area contributed by atoms with E-state index in [2.05, 4.69) is 0 Å². The molecule has 0 N–H and O–H groups in total. The van der Waals surface area contributed by atoms with E-state index in [9.17, 15) is 14.9 Å². The summed E-state index contributed by atoms with van der Waals surface area (Å²) in [6.45, 7) is 1.91. The number of carbonyl (C=O) groups excluding carboxylic acids is 1. The second-order valence-electron chi connectivity index (χ2n) is 5.21. The summed E-state index contributed by atoms with van der Waals surface area (Å²) in [4.78, 5) is 24.7. The largest absolute Gasteiger partial charge is 0.346 e. The Morgan fingerprint density at radius 1 is 1.29 bits per heavy atom. The Morgan fingerprint density at radius 3 is 2.71 bits per heavy atom. The first-order valence-electron chi connectivity index (χ1n) is 6.92. The van der Waals surface area contributed by atoms with Gasteiger partial charge in [0.15, 0.2) is 5.79 Å². The predicted octanol–water partition coefficient (Wildman–Crippen LogP) is 1.57. The minimum Gasteiger partial charge on any atom is -0.346 e. The highest BCUT2D eigenvalue weighted by molar-refractivity contribution is 5.98. The van der Waals surface area contributed by atoms with E-state index in [0.717, 1.165) is 12.8 Å². The molecule has 0 unspecified atom stereocenters. The first kappa shape index (κ1) is 14.0. The summed E-state index contributed by atoms with van der Waals surface area (Å²) in [7, 11) is 0. The Labute approximate surface area is 121 Å². The van der Waals surface area contributed by atoms with Gasteiger partial charge in [-0.15, -0.1) is 0 Å². The van der Waals surface area contributed by atoms with Crippen molar-refractivity contribution in [2.24, 2.45) is 0 Å². The van der Waals surface area contributed by atoms with E-state index < -0.39 is 10.7 Å². The van der Waals surface area contributed by atoms with Crippen molar-refractivity contribution in [3.63, 3.8) is 0 Å². The topological polar surface area (TPSA) is 81.9 Å². The highest BCUT2D eigenvalue weighted by Gasteiger charge is 2.42. The highest BCUT2D eigenvalue weighted by atomic mass is 16.7. The molecule has 0 radical (unpaired) electrons. The molecule has 112 valence electrons. The average molecular weight is 292 g/mol. The van der Waals surface area contributed by atoms with Crippen LogP contribution in [0.15, 0.2) is 24.3 Å². The highest BCUT2D eigenvalue weighted by Crippen LogP contribution is 2.31. The zero-order valence-corrected chi connectivity index (χ0v) is 11.5. The Bertz CT molecular complexity index is 568. The maximum Gasteiger partial charge on any atom is 0.282 e. The monoisotopic (exact) mass is 292 g/mol. The second kappa shape index (κ2) is 5.42. The number of amides is 1. The number of likely N-dealkylation sites (tertiary alicyclic amines) is 1. The van der Waals surface area contributed by atoms with Crippen molar-refractivity contribution in [3.05, 3.63) is 39.9 Å². The standard InChI is InChI=1S/C14H16N2O5/c17-13(11-4-1-2-5-12(11)16(18)19)15-7-3-6-14(10-15)20-8-9-21-14/h1-2,4-5H,3,6-10H2. The molecule has 0 aliphatic carbocycles. The fraction of sp³-hybridized carbons (Fsp3) is 0.500. The average Bonchev–Trinajstić information content (AvgIpc) is 2.94. The number of nitro benzene ring substituents is 1. The Kier molecular flexibility index (Phi) is 3.60. The maximum absolute atomic E-state index is 12.6. The summed E-state index contributed by atoms with van der Waals surface area (Å²) in [5.74, 6) is -1.07. The van der Waals surface area contributed by atoms with Gasteiger partial charge in [0, 0.05) is 19.0 Å². The lowest BCUT2D eigenvalue weighted by Gasteiger charge is -2.38. The molecule has 0 bridgehead atoms. The number of rotatable bonds is 2. The van der Waals surface area contributed by atoms with Crippen LogP contribution < -0.4 is 0 Å². The van der Waals surface area contributed by atoms with Crippen molar-refractivity contribution in [2.75, 3.05) is 26.3 Å². The van der Waals surface area contributed by atoms with Crippen molar-refractivity contribution in [1.82, 2.24) is 4.90 Å². The van der Waals surface area contributed by atoms with E-state index in [4.69, 9.17) is 9.47 Å². The van der Waals surface area contributed by atoms with Crippen molar-refractivity contribution in [1.29, 1.82) is 0 Å². The van der Waals surface area contributed by atoms with Crippen LogP contribution in [0.5, 0.6) is 0 Å². The van der Waals surface area contributed by atoms with Gasteiger partial charge in [-0.2, -0.15) is 0 Å².